The second-order valence-corrected chi connectivity index (χ2v) is 2.62. The predicted octanol–water partition coefficient (Wildman–Crippen LogP) is 0.662. The van der Waals surface area contributed by atoms with Gasteiger partial charge in [0.2, 0.25) is 0 Å². The molecule has 1 aromatic rings. The highest BCUT2D eigenvalue weighted by atomic mass is 19.1. The number of aliphatic hydroxyl groups is 1. The number of phenolic OH excluding ortho intramolecular Hbond substituents is 1. The molecule has 0 spiro atoms. The van der Waals surface area contributed by atoms with Crippen LogP contribution in [-0.2, 0) is 0 Å². The number of hydrogen-bond donors (Lipinski definition) is 3. The number of rotatable bonds is 2. The molecule has 1 aromatic carbocycles. The molecular weight excluding hydrogens is 180 g/mol. The van der Waals surface area contributed by atoms with E-state index in [-0.39, 0.29) is 5.56 Å². The molecular formula is C8H9F2NO2. The van der Waals surface area contributed by atoms with E-state index in [1.54, 1.807) is 0 Å². The SMILES string of the molecule is NC(CO)c1cc(F)c(O)c(F)c1. The fourth-order valence-corrected chi connectivity index (χ4v) is 0.905. The lowest BCUT2D eigenvalue weighted by Crippen LogP contribution is -2.14. The maximum atomic E-state index is 12.7. The molecule has 0 aliphatic carbocycles. The van der Waals surface area contributed by atoms with Crippen molar-refractivity contribution in [2.75, 3.05) is 6.61 Å². The van der Waals surface area contributed by atoms with Gasteiger partial charge in [-0.3, -0.25) is 0 Å². The second-order valence-electron chi connectivity index (χ2n) is 2.62. The largest absolute Gasteiger partial charge is 0.503 e. The first kappa shape index (κ1) is 9.88. The van der Waals surface area contributed by atoms with Crippen LogP contribution in [0.4, 0.5) is 8.78 Å². The van der Waals surface area contributed by atoms with E-state index in [0.29, 0.717) is 0 Å². The molecule has 1 unspecified atom stereocenters. The maximum Gasteiger partial charge on any atom is 0.187 e. The summed E-state index contributed by atoms with van der Waals surface area (Å²) in [6, 6.07) is 0.933. The second kappa shape index (κ2) is 3.68. The van der Waals surface area contributed by atoms with Gasteiger partial charge in [0, 0.05) is 0 Å². The van der Waals surface area contributed by atoms with Crippen molar-refractivity contribution in [2.24, 2.45) is 5.73 Å². The lowest BCUT2D eigenvalue weighted by Gasteiger charge is -2.09. The maximum absolute atomic E-state index is 12.7. The van der Waals surface area contributed by atoms with Crippen LogP contribution in [0.3, 0.4) is 0 Å². The summed E-state index contributed by atoms with van der Waals surface area (Å²) in [6.07, 6.45) is 0. The quantitative estimate of drug-likeness (QED) is 0.640. The molecule has 4 N–H and O–H groups in total. The summed E-state index contributed by atoms with van der Waals surface area (Å²) in [4.78, 5) is 0. The Labute approximate surface area is 73.4 Å². The van der Waals surface area contributed by atoms with Crippen LogP contribution in [0.2, 0.25) is 0 Å². The Balaban J connectivity index is 3.13. The van der Waals surface area contributed by atoms with Gasteiger partial charge in [-0.15, -0.1) is 0 Å². The molecule has 72 valence electrons. The van der Waals surface area contributed by atoms with Gasteiger partial charge in [0.1, 0.15) is 0 Å². The summed E-state index contributed by atoms with van der Waals surface area (Å²) in [6.45, 7) is -0.413. The third-order valence-corrected chi connectivity index (χ3v) is 1.66. The normalized spacial score (nSPS) is 12.9. The first-order valence-electron chi connectivity index (χ1n) is 3.60. The number of aliphatic hydroxyl groups excluding tert-OH is 1. The Bertz CT molecular complexity index is 294. The predicted molar refractivity (Wildman–Crippen MR) is 42.0 cm³/mol. The lowest BCUT2D eigenvalue weighted by molar-refractivity contribution is 0.267. The Hall–Kier alpha value is -1.20. The van der Waals surface area contributed by atoms with Crippen LogP contribution in [0.5, 0.6) is 5.75 Å². The van der Waals surface area contributed by atoms with Gasteiger partial charge in [-0.2, -0.15) is 0 Å². The summed E-state index contributed by atoms with van der Waals surface area (Å²) in [7, 11) is 0. The molecule has 0 aromatic heterocycles. The van der Waals surface area contributed by atoms with Gasteiger partial charge < -0.3 is 15.9 Å². The van der Waals surface area contributed by atoms with Gasteiger partial charge in [-0.05, 0) is 17.7 Å². The topological polar surface area (TPSA) is 66.5 Å². The van der Waals surface area contributed by atoms with E-state index < -0.39 is 30.0 Å². The molecule has 1 atom stereocenters. The first-order valence-corrected chi connectivity index (χ1v) is 3.60. The van der Waals surface area contributed by atoms with E-state index in [1.165, 1.54) is 0 Å². The third kappa shape index (κ3) is 1.93. The number of nitrogens with two attached hydrogens (primary N) is 1. The van der Waals surface area contributed by atoms with E-state index in [0.717, 1.165) is 12.1 Å². The van der Waals surface area contributed by atoms with Crippen LogP contribution in [0, 0.1) is 11.6 Å². The van der Waals surface area contributed by atoms with E-state index in [2.05, 4.69) is 0 Å². The highest BCUT2D eigenvalue weighted by Gasteiger charge is 2.13. The number of halogens is 2. The molecule has 0 fully saturated rings. The minimum absolute atomic E-state index is 0.107. The van der Waals surface area contributed by atoms with Crippen LogP contribution in [0.25, 0.3) is 0 Å². The van der Waals surface area contributed by atoms with Crippen LogP contribution in [0.1, 0.15) is 11.6 Å². The monoisotopic (exact) mass is 189 g/mol. The summed E-state index contributed by atoms with van der Waals surface area (Å²) >= 11 is 0. The molecule has 0 heterocycles. The zero-order valence-electron chi connectivity index (χ0n) is 6.67. The molecule has 0 amide bonds. The van der Waals surface area contributed by atoms with Crippen molar-refractivity contribution < 1.29 is 19.0 Å². The average Bonchev–Trinajstić information content (AvgIpc) is 2.12. The summed E-state index contributed by atoms with van der Waals surface area (Å²) < 4.78 is 25.4. The molecule has 5 heteroatoms. The smallest absolute Gasteiger partial charge is 0.187 e. The van der Waals surface area contributed by atoms with E-state index in [1.807, 2.05) is 0 Å². The molecule has 0 aliphatic heterocycles. The van der Waals surface area contributed by atoms with Crippen molar-refractivity contribution in [3.05, 3.63) is 29.3 Å². The summed E-state index contributed by atoms with van der Waals surface area (Å²) in [5.41, 5.74) is 5.42. The van der Waals surface area contributed by atoms with Gasteiger partial charge in [-0.1, -0.05) is 0 Å². The standard InChI is InChI=1S/C8H9F2NO2/c9-5-1-4(7(11)3-12)2-6(10)8(5)13/h1-2,7,12-13H,3,11H2. The Morgan fingerprint density at radius 1 is 1.31 bits per heavy atom. The molecule has 13 heavy (non-hydrogen) atoms. The third-order valence-electron chi connectivity index (χ3n) is 1.66. The zero-order valence-corrected chi connectivity index (χ0v) is 6.67. The van der Waals surface area contributed by atoms with Crippen molar-refractivity contribution in [3.63, 3.8) is 0 Å². The van der Waals surface area contributed by atoms with Crippen LogP contribution < -0.4 is 5.73 Å². The van der Waals surface area contributed by atoms with E-state index in [4.69, 9.17) is 15.9 Å². The number of aromatic hydroxyl groups is 1. The molecule has 1 rings (SSSR count). The van der Waals surface area contributed by atoms with Gasteiger partial charge in [0.25, 0.3) is 0 Å². The van der Waals surface area contributed by atoms with Crippen LogP contribution >= 0.6 is 0 Å². The van der Waals surface area contributed by atoms with Crippen molar-refractivity contribution >= 4 is 0 Å². The lowest BCUT2D eigenvalue weighted by atomic mass is 10.1. The van der Waals surface area contributed by atoms with E-state index in [9.17, 15) is 8.78 Å². The van der Waals surface area contributed by atoms with Crippen molar-refractivity contribution in [1.29, 1.82) is 0 Å². The van der Waals surface area contributed by atoms with Gasteiger partial charge in [0.05, 0.1) is 12.6 Å². The molecule has 0 saturated heterocycles. The minimum Gasteiger partial charge on any atom is -0.503 e. The number of phenols is 1. The molecule has 0 saturated carbocycles. The fraction of sp³-hybridized carbons (Fsp3) is 0.250. The van der Waals surface area contributed by atoms with Gasteiger partial charge in [-0.25, -0.2) is 8.78 Å². The molecule has 3 nitrogen and oxygen atoms in total. The number of benzene rings is 1. The molecule has 0 bridgehead atoms. The van der Waals surface area contributed by atoms with Crippen molar-refractivity contribution in [2.45, 2.75) is 6.04 Å². The van der Waals surface area contributed by atoms with Gasteiger partial charge in [0.15, 0.2) is 17.4 Å². The minimum atomic E-state index is -1.08. The highest BCUT2D eigenvalue weighted by molar-refractivity contribution is 5.31. The van der Waals surface area contributed by atoms with Crippen molar-refractivity contribution in [3.8, 4) is 5.75 Å². The Morgan fingerprint density at radius 3 is 2.15 bits per heavy atom. The average molecular weight is 189 g/mol. The summed E-state index contributed by atoms with van der Waals surface area (Å²) in [5, 5.41) is 17.3. The van der Waals surface area contributed by atoms with Gasteiger partial charge >= 0.3 is 0 Å². The summed E-state index contributed by atoms with van der Waals surface area (Å²) in [5.74, 6) is -3.20. The highest BCUT2D eigenvalue weighted by Crippen LogP contribution is 2.23. The Kier molecular flexibility index (Phi) is 2.79. The molecule has 0 aliphatic rings. The van der Waals surface area contributed by atoms with E-state index >= 15 is 0 Å². The van der Waals surface area contributed by atoms with Crippen LogP contribution in [0.15, 0.2) is 12.1 Å². The first-order chi connectivity index (χ1) is 6.06. The zero-order chi connectivity index (χ0) is 10.0. The fourth-order valence-electron chi connectivity index (χ4n) is 0.905. The molecule has 0 radical (unpaired) electrons. The van der Waals surface area contributed by atoms with Crippen molar-refractivity contribution in [1.82, 2.24) is 0 Å². The number of hydrogen-bond acceptors (Lipinski definition) is 3. The van der Waals surface area contributed by atoms with Crippen LogP contribution in [-0.4, -0.2) is 16.8 Å². The Morgan fingerprint density at radius 2 is 1.77 bits per heavy atom.